The van der Waals surface area contributed by atoms with Gasteiger partial charge in [0.05, 0.1) is 0 Å². The number of carbonyl (C=O) groups is 2. The molecule has 1 aliphatic rings. The molecule has 1 saturated heterocycles. The summed E-state index contributed by atoms with van der Waals surface area (Å²) in [4.78, 5) is 26.2. The van der Waals surface area contributed by atoms with Crippen molar-refractivity contribution >= 4 is 33.3 Å². The van der Waals surface area contributed by atoms with E-state index in [1.807, 2.05) is 0 Å². The molecule has 2 aromatic rings. The molecule has 0 aliphatic carbocycles. The first-order valence-corrected chi connectivity index (χ1v) is 11.4. The molecule has 0 bridgehead atoms. The third kappa shape index (κ3) is 4.46. The first-order valence-electron chi connectivity index (χ1n) is 9.12. The van der Waals surface area contributed by atoms with Crippen molar-refractivity contribution < 1.29 is 27.6 Å². The Labute approximate surface area is 177 Å². The summed E-state index contributed by atoms with van der Waals surface area (Å²) < 4.78 is 40.6. The standard InChI is InChI=1S/C18H21FN4O5S2/c1-2-20-18(25)22-9-10-23(14(11-22)17(24)21-26)30(27,28)16-8-7-15(29-16)12-3-5-13(19)6-4-12/h3-8,14,26H,2,9-11H2,1H3,(H,20,25)(H,21,24)/t14-/m1/s1. The van der Waals surface area contributed by atoms with E-state index in [1.165, 1.54) is 28.6 Å². The predicted molar refractivity (Wildman–Crippen MR) is 108 cm³/mol. The summed E-state index contributed by atoms with van der Waals surface area (Å²) in [6.07, 6.45) is 0. The van der Waals surface area contributed by atoms with E-state index in [4.69, 9.17) is 5.21 Å². The van der Waals surface area contributed by atoms with E-state index in [0.29, 0.717) is 17.0 Å². The lowest BCUT2D eigenvalue weighted by molar-refractivity contribution is -0.134. The van der Waals surface area contributed by atoms with Crippen molar-refractivity contribution in [2.24, 2.45) is 0 Å². The lowest BCUT2D eigenvalue weighted by atomic mass is 10.2. The van der Waals surface area contributed by atoms with E-state index in [1.54, 1.807) is 25.1 Å². The van der Waals surface area contributed by atoms with Crippen LogP contribution in [0.4, 0.5) is 9.18 Å². The van der Waals surface area contributed by atoms with Gasteiger partial charge in [0.25, 0.3) is 15.9 Å². The lowest BCUT2D eigenvalue weighted by Gasteiger charge is -2.38. The summed E-state index contributed by atoms with van der Waals surface area (Å²) in [7, 11) is -4.08. The maximum Gasteiger partial charge on any atom is 0.317 e. The molecule has 0 radical (unpaired) electrons. The fraction of sp³-hybridized carbons (Fsp3) is 0.333. The number of benzene rings is 1. The minimum absolute atomic E-state index is 0.00373. The molecule has 1 aromatic heterocycles. The van der Waals surface area contributed by atoms with E-state index in [-0.39, 0.29) is 23.8 Å². The van der Waals surface area contributed by atoms with Crippen LogP contribution < -0.4 is 10.8 Å². The van der Waals surface area contributed by atoms with Crippen LogP contribution in [0.25, 0.3) is 10.4 Å². The van der Waals surface area contributed by atoms with Crippen LogP contribution >= 0.6 is 11.3 Å². The van der Waals surface area contributed by atoms with Crippen LogP contribution in [-0.4, -0.2) is 67.0 Å². The third-order valence-corrected chi connectivity index (χ3v) is 8.14. The smallest absolute Gasteiger partial charge is 0.317 e. The molecule has 2 heterocycles. The molecule has 9 nitrogen and oxygen atoms in total. The van der Waals surface area contributed by atoms with Gasteiger partial charge >= 0.3 is 6.03 Å². The Bertz CT molecular complexity index is 1030. The van der Waals surface area contributed by atoms with Crippen LogP contribution in [-0.2, 0) is 14.8 Å². The molecule has 3 N–H and O–H groups in total. The number of amides is 3. The molecule has 1 aromatic carbocycles. The molecule has 1 fully saturated rings. The van der Waals surface area contributed by atoms with Crippen molar-refractivity contribution in [3.63, 3.8) is 0 Å². The number of hydrogen-bond donors (Lipinski definition) is 3. The molecule has 3 amide bonds. The number of carbonyl (C=O) groups excluding carboxylic acids is 2. The monoisotopic (exact) mass is 456 g/mol. The molecule has 0 unspecified atom stereocenters. The number of thiophene rings is 1. The van der Waals surface area contributed by atoms with Gasteiger partial charge in [0.2, 0.25) is 0 Å². The van der Waals surface area contributed by atoms with Crippen molar-refractivity contribution in [3.05, 3.63) is 42.2 Å². The highest BCUT2D eigenvalue weighted by atomic mass is 32.2. The molecule has 0 spiro atoms. The second-order valence-corrected chi connectivity index (χ2v) is 9.72. The van der Waals surface area contributed by atoms with Crippen molar-refractivity contribution in [1.82, 2.24) is 20.0 Å². The number of halogens is 1. The number of nitrogens with zero attached hydrogens (tertiary/aromatic N) is 2. The summed E-state index contributed by atoms with van der Waals surface area (Å²) in [5.41, 5.74) is 2.14. The molecule has 3 rings (SSSR count). The highest BCUT2D eigenvalue weighted by Gasteiger charge is 2.41. The highest BCUT2D eigenvalue weighted by Crippen LogP contribution is 2.33. The lowest BCUT2D eigenvalue weighted by Crippen LogP contribution is -2.62. The van der Waals surface area contributed by atoms with Gasteiger partial charge < -0.3 is 10.2 Å². The van der Waals surface area contributed by atoms with Crippen molar-refractivity contribution in [3.8, 4) is 10.4 Å². The largest absolute Gasteiger partial charge is 0.338 e. The maximum absolute atomic E-state index is 13.2. The highest BCUT2D eigenvalue weighted by molar-refractivity contribution is 7.91. The second kappa shape index (κ2) is 9.08. The second-order valence-electron chi connectivity index (χ2n) is 6.51. The van der Waals surface area contributed by atoms with E-state index in [9.17, 15) is 22.4 Å². The van der Waals surface area contributed by atoms with Gasteiger partial charge in [-0.25, -0.2) is 23.1 Å². The minimum atomic E-state index is -4.08. The fourth-order valence-corrected chi connectivity index (χ4v) is 6.14. The normalized spacial score (nSPS) is 17.6. The van der Waals surface area contributed by atoms with Crippen LogP contribution in [0.5, 0.6) is 0 Å². The number of urea groups is 1. The number of hydroxylamine groups is 1. The molecular formula is C18H21FN4O5S2. The third-order valence-electron chi connectivity index (χ3n) is 4.63. The fourth-order valence-electron chi connectivity index (χ4n) is 3.13. The Morgan fingerprint density at radius 1 is 1.20 bits per heavy atom. The molecule has 12 heteroatoms. The van der Waals surface area contributed by atoms with Gasteiger partial charge in [0.1, 0.15) is 16.1 Å². The van der Waals surface area contributed by atoms with Gasteiger partial charge in [0, 0.05) is 31.1 Å². The van der Waals surface area contributed by atoms with Crippen molar-refractivity contribution in [2.75, 3.05) is 26.2 Å². The van der Waals surface area contributed by atoms with E-state index in [0.717, 1.165) is 15.6 Å². The minimum Gasteiger partial charge on any atom is -0.338 e. The van der Waals surface area contributed by atoms with Gasteiger partial charge in [-0.15, -0.1) is 11.3 Å². The first kappa shape index (κ1) is 22.2. The maximum atomic E-state index is 13.2. The molecule has 30 heavy (non-hydrogen) atoms. The molecule has 1 atom stereocenters. The first-order chi connectivity index (χ1) is 14.3. The van der Waals surface area contributed by atoms with Crippen molar-refractivity contribution in [1.29, 1.82) is 0 Å². The van der Waals surface area contributed by atoms with Crippen LogP contribution in [0.2, 0.25) is 0 Å². The molecular weight excluding hydrogens is 435 g/mol. The van der Waals surface area contributed by atoms with Gasteiger partial charge in [-0.3, -0.25) is 10.0 Å². The van der Waals surface area contributed by atoms with Gasteiger partial charge in [0.15, 0.2) is 0 Å². The number of rotatable bonds is 5. The summed E-state index contributed by atoms with van der Waals surface area (Å²) in [5, 5.41) is 11.7. The molecule has 162 valence electrons. The Hall–Kier alpha value is -2.54. The quantitative estimate of drug-likeness (QED) is 0.465. The van der Waals surface area contributed by atoms with Crippen LogP contribution in [0, 0.1) is 5.82 Å². The average Bonchev–Trinajstić information content (AvgIpc) is 3.24. The van der Waals surface area contributed by atoms with E-state index < -0.39 is 33.8 Å². The zero-order valence-corrected chi connectivity index (χ0v) is 17.7. The topological polar surface area (TPSA) is 119 Å². The average molecular weight is 457 g/mol. The zero-order valence-electron chi connectivity index (χ0n) is 16.0. The van der Waals surface area contributed by atoms with Crippen LogP contribution in [0.1, 0.15) is 6.92 Å². The number of hydrogen-bond acceptors (Lipinski definition) is 6. The van der Waals surface area contributed by atoms with Gasteiger partial charge in [-0.2, -0.15) is 4.31 Å². The number of nitrogens with one attached hydrogen (secondary N) is 2. The van der Waals surface area contributed by atoms with Gasteiger partial charge in [-0.05, 0) is 36.8 Å². The zero-order chi connectivity index (χ0) is 21.9. The Morgan fingerprint density at radius 2 is 1.90 bits per heavy atom. The summed E-state index contributed by atoms with van der Waals surface area (Å²) in [6.45, 7) is 1.91. The van der Waals surface area contributed by atoms with Gasteiger partial charge in [-0.1, -0.05) is 12.1 Å². The molecule has 0 saturated carbocycles. The van der Waals surface area contributed by atoms with E-state index >= 15 is 0 Å². The Balaban J connectivity index is 1.87. The summed E-state index contributed by atoms with van der Waals surface area (Å²) in [5.74, 6) is -1.33. The number of sulfonamides is 1. The summed E-state index contributed by atoms with van der Waals surface area (Å²) >= 11 is 0.990. The SMILES string of the molecule is CCNC(=O)N1CCN(S(=O)(=O)c2ccc(-c3ccc(F)cc3)s2)[C@@H](C(=O)NO)C1. The van der Waals surface area contributed by atoms with E-state index in [2.05, 4.69) is 5.32 Å². The van der Waals surface area contributed by atoms with Crippen LogP contribution in [0.15, 0.2) is 40.6 Å². The molecule has 1 aliphatic heterocycles. The predicted octanol–water partition coefficient (Wildman–Crippen LogP) is 1.46. The number of piperazine rings is 1. The van der Waals surface area contributed by atoms with Crippen LogP contribution in [0.3, 0.4) is 0 Å². The summed E-state index contributed by atoms with van der Waals surface area (Å²) in [6, 6.07) is 6.99. The van der Waals surface area contributed by atoms with Crippen molar-refractivity contribution in [2.45, 2.75) is 17.2 Å². The Morgan fingerprint density at radius 3 is 2.53 bits per heavy atom. The Kier molecular flexibility index (Phi) is 6.71.